The average Bonchev–Trinajstić information content (AvgIpc) is 3.65. The summed E-state index contributed by atoms with van der Waals surface area (Å²) in [6.45, 7) is 12.9. The number of Topliss-reactive ketones (excluding diaryl/α,β-unsaturated/α-hetero) is 1. The highest BCUT2D eigenvalue weighted by Gasteiger charge is 2.44. The highest BCUT2D eigenvalue weighted by atomic mass is 32.2. The summed E-state index contributed by atoms with van der Waals surface area (Å²) >= 11 is 1.81. The summed E-state index contributed by atoms with van der Waals surface area (Å²) in [5, 5.41) is 30.9. The molecule has 0 radical (unpaired) electrons. The van der Waals surface area contributed by atoms with Crippen LogP contribution in [0.25, 0.3) is 0 Å². The lowest BCUT2D eigenvalue weighted by molar-refractivity contribution is -0.777. The third-order valence-corrected chi connectivity index (χ3v) is 14.1. The molecule has 0 aliphatic carbocycles. The zero-order valence-electron chi connectivity index (χ0n) is 40.0. The lowest BCUT2D eigenvalue weighted by atomic mass is 9.81. The first-order valence-corrected chi connectivity index (χ1v) is 26.8. The van der Waals surface area contributed by atoms with Crippen molar-refractivity contribution >= 4 is 73.7 Å². The van der Waals surface area contributed by atoms with E-state index in [0.29, 0.717) is 38.6 Å². The number of carbonyl (C=O) groups excluding carboxylic acids is 3. The number of nitrogens with zero attached hydrogens (tertiary/aromatic N) is 2. The number of fused-ring (bicyclic) bond motifs is 2. The number of nitrogens with one attached hydrogen (secondary N) is 1. The van der Waals surface area contributed by atoms with Crippen LogP contribution in [0, 0.1) is 5.92 Å². The normalized spacial score (nSPS) is 16.1. The van der Waals surface area contributed by atoms with Gasteiger partial charge in [-0.15, -0.1) is 4.33 Å². The number of likely N-dealkylation sites (N-methyl/N-ethyl adjacent to an activating group) is 1. The van der Waals surface area contributed by atoms with Gasteiger partial charge in [0, 0.05) is 94.0 Å². The summed E-state index contributed by atoms with van der Waals surface area (Å²) in [6.07, 6.45) is 17.8. The number of ether oxygens (including phenoxy) is 1. The van der Waals surface area contributed by atoms with Gasteiger partial charge in [0.15, 0.2) is 11.5 Å². The van der Waals surface area contributed by atoms with Gasteiger partial charge in [0.1, 0.15) is 13.2 Å². The quantitative estimate of drug-likeness (QED) is 0.0108. The molecule has 0 saturated carbocycles. The minimum absolute atomic E-state index is 0.0375. The van der Waals surface area contributed by atoms with Crippen LogP contribution in [0.1, 0.15) is 103 Å². The Hall–Kier alpha value is -4.56. The van der Waals surface area contributed by atoms with E-state index >= 15 is 0 Å². The first-order valence-electron chi connectivity index (χ1n) is 22.8. The first kappa shape index (κ1) is 54.4. The van der Waals surface area contributed by atoms with Gasteiger partial charge in [-0.3, -0.25) is 23.6 Å². The Labute approximate surface area is 409 Å². The number of esters is 1. The molecule has 1 atom stereocenters. The summed E-state index contributed by atoms with van der Waals surface area (Å²) in [6, 6.07) is 21.3. The van der Waals surface area contributed by atoms with Gasteiger partial charge in [0.25, 0.3) is 0 Å². The standard InChI is InChI=1S/C51H65N3O11S3/c1-8-53-43-28-26-39(66-64-62-58)33-41(43)50(2,3)46(53)23-14-10-15-24-47-51(4,5)42-34-40(67-65-63-59)27-29-44(42)54(47)31-19-11-16-25-48(56)52-30-18-17-22-38(45(55)36-68(6,7)60)32-49(57)61-35-37-20-12-9-13-21-37/h9-10,12-15,20-21,23-24,26-29,33-34,36,38H,8,11,16-19,22,25,30-32,35H2,1-7H3,(H2-,52,56,58,59)/t38-/m1/s1. The number of rotatable bonds is 27. The van der Waals surface area contributed by atoms with Crippen LogP contribution < -0.4 is 15.5 Å². The molecule has 68 heavy (non-hydrogen) atoms. The van der Waals surface area contributed by atoms with E-state index in [4.69, 9.17) is 9.99 Å². The zero-order chi connectivity index (χ0) is 49.3. The molecule has 5 rings (SSSR count). The second-order valence-electron chi connectivity index (χ2n) is 18.2. The maximum Gasteiger partial charge on any atom is 0.306 e. The van der Waals surface area contributed by atoms with Crippen LogP contribution in [0.2, 0.25) is 0 Å². The van der Waals surface area contributed by atoms with E-state index in [1.54, 1.807) is 0 Å². The van der Waals surface area contributed by atoms with Crippen molar-refractivity contribution in [1.82, 2.24) is 5.32 Å². The smallest absolute Gasteiger partial charge is 0.306 e. The molecule has 2 aliphatic heterocycles. The van der Waals surface area contributed by atoms with Crippen LogP contribution in [0.15, 0.2) is 113 Å². The molecule has 1 amide bonds. The van der Waals surface area contributed by atoms with Crippen molar-refractivity contribution in [2.45, 2.75) is 113 Å². The number of unbranched alkanes of at least 4 members (excludes halogenated alkanes) is 3. The van der Waals surface area contributed by atoms with Gasteiger partial charge in [-0.05, 0) is 104 Å². The van der Waals surface area contributed by atoms with Crippen molar-refractivity contribution in [3.8, 4) is 0 Å². The fourth-order valence-electron chi connectivity index (χ4n) is 8.74. The molecular formula is C51H65N3O11S3. The zero-order valence-corrected chi connectivity index (χ0v) is 42.5. The van der Waals surface area contributed by atoms with Crippen molar-refractivity contribution in [1.29, 1.82) is 0 Å². The molecule has 3 aromatic rings. The SMILES string of the molecule is CCN1/C(=C/C=C/C=C/C2=[N+](CCCCCC(=O)NCCCC[C@H](CC(=O)OCc3ccccc3)C(=O)C=S(C)(C)=O)c3ccc(SOO[O-])cc3C2(C)C)C(C)(C)c2cc(SOOO)ccc21. The fraction of sp³-hybridized carbons (Fsp3) is 0.431. The third-order valence-electron chi connectivity index (χ3n) is 12.1. The molecule has 0 unspecified atom stereocenters. The number of hydrogen-bond acceptors (Lipinski definition) is 14. The molecule has 368 valence electrons. The topological polar surface area (TPSA) is 176 Å². The van der Waals surface area contributed by atoms with Crippen molar-refractivity contribution in [3.63, 3.8) is 0 Å². The van der Waals surface area contributed by atoms with E-state index in [1.807, 2.05) is 60.7 Å². The Kier molecular flexibility index (Phi) is 20.7. The number of carbonyl (C=O) groups is 3. The maximum absolute atomic E-state index is 13.0. The van der Waals surface area contributed by atoms with Gasteiger partial charge in [0.2, 0.25) is 11.6 Å². The van der Waals surface area contributed by atoms with E-state index in [1.165, 1.54) is 17.9 Å². The molecule has 0 bridgehead atoms. The Morgan fingerprint density at radius 2 is 1.60 bits per heavy atom. The first-order chi connectivity index (χ1) is 32.5. The number of ketones is 1. The summed E-state index contributed by atoms with van der Waals surface area (Å²) in [5.41, 5.74) is 6.86. The van der Waals surface area contributed by atoms with Crippen LogP contribution in [-0.4, -0.2) is 74.9 Å². The van der Waals surface area contributed by atoms with Crippen molar-refractivity contribution < 1.29 is 57.2 Å². The Morgan fingerprint density at radius 1 is 0.882 bits per heavy atom. The number of hydrogen-bond donors (Lipinski definition) is 2. The molecule has 0 aromatic heterocycles. The predicted octanol–water partition coefficient (Wildman–Crippen LogP) is 9.05. The van der Waals surface area contributed by atoms with Crippen molar-refractivity contribution in [2.75, 3.05) is 37.0 Å². The minimum atomic E-state index is -2.45. The van der Waals surface area contributed by atoms with E-state index in [2.05, 4.69) is 105 Å². The van der Waals surface area contributed by atoms with Gasteiger partial charge < -0.3 is 20.2 Å². The second kappa shape index (κ2) is 25.9. The fourth-order valence-corrected chi connectivity index (χ4v) is 10.3. The molecule has 0 fully saturated rings. The lowest BCUT2D eigenvalue weighted by Gasteiger charge is -2.25. The van der Waals surface area contributed by atoms with Gasteiger partial charge in [-0.1, -0.05) is 73.9 Å². The van der Waals surface area contributed by atoms with Crippen LogP contribution in [-0.2, 0) is 64.8 Å². The Balaban J connectivity index is 1.16. The second-order valence-corrected chi connectivity index (χ2v) is 22.6. The van der Waals surface area contributed by atoms with Gasteiger partial charge in [-0.25, -0.2) is 5.26 Å². The van der Waals surface area contributed by atoms with E-state index < -0.39 is 21.4 Å². The summed E-state index contributed by atoms with van der Waals surface area (Å²) < 4.78 is 29.4. The minimum Gasteiger partial charge on any atom is -0.691 e. The lowest BCUT2D eigenvalue weighted by Crippen LogP contribution is -2.28. The van der Waals surface area contributed by atoms with Crippen LogP contribution in [0.3, 0.4) is 0 Å². The van der Waals surface area contributed by atoms with Crippen molar-refractivity contribution in [2.24, 2.45) is 5.92 Å². The molecule has 17 heteroatoms. The molecule has 2 heterocycles. The van der Waals surface area contributed by atoms with E-state index in [9.17, 15) is 23.8 Å². The average molecular weight is 992 g/mol. The van der Waals surface area contributed by atoms with E-state index in [0.717, 1.165) is 99.3 Å². The summed E-state index contributed by atoms with van der Waals surface area (Å²) in [4.78, 5) is 42.4. The highest BCUT2D eigenvalue weighted by molar-refractivity contribution is 8.01. The number of benzene rings is 3. The molecule has 2 N–H and O–H groups in total. The molecule has 2 aliphatic rings. The summed E-state index contributed by atoms with van der Waals surface area (Å²) in [5.74, 6) is -1.49. The molecule has 14 nitrogen and oxygen atoms in total. The van der Waals surface area contributed by atoms with Crippen LogP contribution >= 0.6 is 24.1 Å². The van der Waals surface area contributed by atoms with Gasteiger partial charge in [-0.2, -0.15) is 8.91 Å². The molecular weight excluding hydrogens is 927 g/mol. The molecule has 3 aromatic carbocycles. The number of anilines is 1. The number of amides is 1. The van der Waals surface area contributed by atoms with Crippen molar-refractivity contribution in [3.05, 3.63) is 119 Å². The Morgan fingerprint density at radius 3 is 2.31 bits per heavy atom. The van der Waals surface area contributed by atoms with Crippen LogP contribution in [0.4, 0.5) is 11.4 Å². The third kappa shape index (κ3) is 15.2. The predicted molar refractivity (Wildman–Crippen MR) is 268 cm³/mol. The van der Waals surface area contributed by atoms with E-state index in [-0.39, 0.29) is 35.5 Å². The van der Waals surface area contributed by atoms with Crippen LogP contribution in [0.5, 0.6) is 0 Å². The molecule has 0 spiro atoms. The van der Waals surface area contributed by atoms with Gasteiger partial charge in [0.05, 0.1) is 35.9 Å². The van der Waals surface area contributed by atoms with Gasteiger partial charge >= 0.3 is 5.97 Å². The highest BCUT2D eigenvalue weighted by Crippen LogP contribution is 2.49. The number of allylic oxidation sites excluding steroid dienone is 6. The molecule has 0 saturated heterocycles. The largest absolute Gasteiger partial charge is 0.691 e. The monoisotopic (exact) mass is 991 g/mol. The Bertz CT molecular complexity index is 2470. The maximum atomic E-state index is 13.0. The summed E-state index contributed by atoms with van der Waals surface area (Å²) in [7, 11) is -2.45.